The lowest BCUT2D eigenvalue weighted by Crippen LogP contribution is -2.44. The summed E-state index contributed by atoms with van der Waals surface area (Å²) in [5.41, 5.74) is 0. The first-order chi connectivity index (χ1) is 8.04. The van der Waals surface area contributed by atoms with Crippen LogP contribution in [0.5, 0.6) is 0 Å². The number of nitrogens with zero attached hydrogens (tertiary/aromatic N) is 2. The van der Waals surface area contributed by atoms with Crippen molar-refractivity contribution in [3.05, 3.63) is 0 Å². The zero-order valence-electron chi connectivity index (χ0n) is 12.6. The molecule has 0 amide bonds. The molecule has 0 bridgehead atoms. The summed E-state index contributed by atoms with van der Waals surface area (Å²) in [5, 5.41) is 3.59. The summed E-state index contributed by atoms with van der Waals surface area (Å²) in [7, 11) is 4.11. The van der Waals surface area contributed by atoms with Crippen molar-refractivity contribution < 1.29 is 0 Å². The van der Waals surface area contributed by atoms with E-state index in [0.717, 1.165) is 24.3 Å². The van der Waals surface area contributed by atoms with E-state index >= 15 is 0 Å². The standard InChI is InChI=1S/C14H29N3.HI/c1-6-15-14(17(4)5)16-13-9-7-12(8-10-13)11(2)3;/h11-13H,6-10H2,1-5H3,(H,15,16);1H. The van der Waals surface area contributed by atoms with Crippen LogP contribution in [0.4, 0.5) is 0 Å². The van der Waals surface area contributed by atoms with E-state index in [1.54, 1.807) is 0 Å². The molecule has 0 heterocycles. The van der Waals surface area contributed by atoms with Gasteiger partial charge in [0, 0.05) is 26.7 Å². The van der Waals surface area contributed by atoms with Crippen molar-refractivity contribution in [1.29, 1.82) is 0 Å². The Kier molecular flexibility index (Phi) is 8.99. The van der Waals surface area contributed by atoms with E-state index in [4.69, 9.17) is 0 Å². The molecule has 3 nitrogen and oxygen atoms in total. The highest BCUT2D eigenvalue weighted by Gasteiger charge is 2.23. The number of nitrogens with one attached hydrogen (secondary N) is 1. The van der Waals surface area contributed by atoms with Gasteiger partial charge in [0.2, 0.25) is 0 Å². The molecule has 0 spiro atoms. The first-order valence-electron chi connectivity index (χ1n) is 7.02. The molecule has 0 unspecified atom stereocenters. The number of halogens is 1. The third-order valence-electron chi connectivity index (χ3n) is 3.78. The van der Waals surface area contributed by atoms with Gasteiger partial charge in [0.05, 0.1) is 0 Å². The quantitative estimate of drug-likeness (QED) is 0.471. The highest BCUT2D eigenvalue weighted by atomic mass is 127. The van der Waals surface area contributed by atoms with Gasteiger partial charge in [-0.2, -0.15) is 0 Å². The lowest BCUT2D eigenvalue weighted by molar-refractivity contribution is 0.248. The molecule has 4 heteroatoms. The summed E-state index contributed by atoms with van der Waals surface area (Å²) in [4.78, 5) is 6.58. The Hall–Kier alpha value is 0. The Morgan fingerprint density at radius 1 is 1.22 bits per heavy atom. The molecule has 0 saturated heterocycles. The zero-order chi connectivity index (χ0) is 12.8. The SMILES string of the molecule is CCN=C(NC1CCC(C(C)C)CC1)N(C)C.I. The van der Waals surface area contributed by atoms with Crippen molar-refractivity contribution in [1.82, 2.24) is 10.2 Å². The van der Waals surface area contributed by atoms with Gasteiger partial charge in [0.25, 0.3) is 0 Å². The van der Waals surface area contributed by atoms with E-state index in [-0.39, 0.29) is 24.0 Å². The van der Waals surface area contributed by atoms with E-state index in [2.05, 4.69) is 50.1 Å². The normalized spacial score (nSPS) is 24.7. The lowest BCUT2D eigenvalue weighted by Gasteiger charge is -2.33. The fourth-order valence-corrected chi connectivity index (χ4v) is 2.58. The van der Waals surface area contributed by atoms with Crippen molar-refractivity contribution >= 4 is 29.9 Å². The largest absolute Gasteiger partial charge is 0.354 e. The molecule has 0 aromatic carbocycles. The lowest BCUT2D eigenvalue weighted by atomic mass is 9.80. The molecule has 0 aromatic heterocycles. The second-order valence-corrected chi connectivity index (χ2v) is 5.69. The summed E-state index contributed by atoms with van der Waals surface area (Å²) in [6.07, 6.45) is 5.31. The summed E-state index contributed by atoms with van der Waals surface area (Å²) in [5.74, 6) is 2.81. The summed E-state index contributed by atoms with van der Waals surface area (Å²) >= 11 is 0. The number of guanidine groups is 1. The van der Waals surface area contributed by atoms with Gasteiger partial charge in [-0.3, -0.25) is 4.99 Å². The van der Waals surface area contributed by atoms with Gasteiger partial charge in [-0.05, 0) is 44.4 Å². The Morgan fingerprint density at radius 2 is 1.78 bits per heavy atom. The Balaban J connectivity index is 0.00000289. The average Bonchev–Trinajstić information content (AvgIpc) is 2.29. The molecular weight excluding hydrogens is 337 g/mol. The topological polar surface area (TPSA) is 27.6 Å². The van der Waals surface area contributed by atoms with E-state index in [1.165, 1.54) is 25.7 Å². The molecule has 1 saturated carbocycles. The van der Waals surface area contributed by atoms with Crippen molar-refractivity contribution in [3.8, 4) is 0 Å². The fraction of sp³-hybridized carbons (Fsp3) is 0.929. The molecule has 0 aromatic rings. The minimum absolute atomic E-state index is 0. The van der Waals surface area contributed by atoms with Crippen LogP contribution in [0.15, 0.2) is 4.99 Å². The average molecular weight is 367 g/mol. The van der Waals surface area contributed by atoms with E-state index < -0.39 is 0 Å². The maximum atomic E-state index is 4.50. The van der Waals surface area contributed by atoms with E-state index in [1.807, 2.05) is 0 Å². The van der Waals surface area contributed by atoms with Crippen LogP contribution in [0, 0.1) is 11.8 Å². The van der Waals surface area contributed by atoms with Crippen molar-refractivity contribution in [2.24, 2.45) is 16.8 Å². The van der Waals surface area contributed by atoms with Gasteiger partial charge in [0.15, 0.2) is 5.96 Å². The maximum Gasteiger partial charge on any atom is 0.193 e. The third kappa shape index (κ3) is 5.76. The second kappa shape index (κ2) is 8.99. The molecule has 0 radical (unpaired) electrons. The molecular formula is C14H30IN3. The third-order valence-corrected chi connectivity index (χ3v) is 3.78. The fourth-order valence-electron chi connectivity index (χ4n) is 2.58. The molecule has 1 N–H and O–H groups in total. The second-order valence-electron chi connectivity index (χ2n) is 5.69. The van der Waals surface area contributed by atoms with Crippen LogP contribution in [-0.4, -0.2) is 37.5 Å². The predicted octanol–water partition coefficient (Wildman–Crippen LogP) is 3.35. The molecule has 0 atom stereocenters. The highest BCUT2D eigenvalue weighted by Crippen LogP contribution is 2.29. The first kappa shape index (κ1) is 18.0. The number of hydrogen-bond donors (Lipinski definition) is 1. The smallest absolute Gasteiger partial charge is 0.193 e. The number of hydrogen-bond acceptors (Lipinski definition) is 1. The van der Waals surface area contributed by atoms with Gasteiger partial charge in [-0.1, -0.05) is 13.8 Å². The molecule has 108 valence electrons. The van der Waals surface area contributed by atoms with E-state index in [9.17, 15) is 0 Å². The van der Waals surface area contributed by atoms with Crippen molar-refractivity contribution in [2.75, 3.05) is 20.6 Å². The molecule has 18 heavy (non-hydrogen) atoms. The Morgan fingerprint density at radius 3 is 2.17 bits per heavy atom. The highest BCUT2D eigenvalue weighted by molar-refractivity contribution is 14.0. The van der Waals surface area contributed by atoms with Crippen LogP contribution in [0.1, 0.15) is 46.5 Å². The van der Waals surface area contributed by atoms with Crippen LogP contribution >= 0.6 is 24.0 Å². The van der Waals surface area contributed by atoms with Crippen LogP contribution in [0.3, 0.4) is 0 Å². The maximum absolute atomic E-state index is 4.50. The summed E-state index contributed by atoms with van der Waals surface area (Å²) in [6.45, 7) is 7.63. The van der Waals surface area contributed by atoms with Crippen LogP contribution in [-0.2, 0) is 0 Å². The van der Waals surface area contributed by atoms with Crippen molar-refractivity contribution in [2.45, 2.75) is 52.5 Å². The Labute approximate surface area is 130 Å². The minimum Gasteiger partial charge on any atom is -0.354 e. The molecule has 1 rings (SSSR count). The van der Waals surface area contributed by atoms with Gasteiger partial charge in [-0.15, -0.1) is 24.0 Å². The van der Waals surface area contributed by atoms with Gasteiger partial charge >= 0.3 is 0 Å². The molecule has 0 aliphatic heterocycles. The predicted molar refractivity (Wildman–Crippen MR) is 90.8 cm³/mol. The monoisotopic (exact) mass is 367 g/mol. The van der Waals surface area contributed by atoms with Crippen LogP contribution in [0.25, 0.3) is 0 Å². The molecule has 1 aliphatic rings. The van der Waals surface area contributed by atoms with Crippen LogP contribution in [0.2, 0.25) is 0 Å². The summed E-state index contributed by atoms with van der Waals surface area (Å²) < 4.78 is 0. The van der Waals surface area contributed by atoms with E-state index in [0.29, 0.717) is 6.04 Å². The molecule has 1 aliphatic carbocycles. The van der Waals surface area contributed by atoms with Gasteiger partial charge in [0.1, 0.15) is 0 Å². The van der Waals surface area contributed by atoms with Gasteiger partial charge in [-0.25, -0.2) is 0 Å². The minimum atomic E-state index is 0. The van der Waals surface area contributed by atoms with Gasteiger partial charge < -0.3 is 10.2 Å². The number of rotatable bonds is 3. The number of aliphatic imine (C=N–C) groups is 1. The first-order valence-corrected chi connectivity index (χ1v) is 7.02. The van der Waals surface area contributed by atoms with Crippen LogP contribution < -0.4 is 5.32 Å². The Bertz CT molecular complexity index is 243. The van der Waals surface area contributed by atoms with Crippen molar-refractivity contribution in [3.63, 3.8) is 0 Å². The zero-order valence-corrected chi connectivity index (χ0v) is 14.9. The summed E-state index contributed by atoms with van der Waals surface area (Å²) in [6, 6.07) is 0.623. The molecule has 1 fully saturated rings.